The fourth-order valence-electron chi connectivity index (χ4n) is 1.98. The zero-order valence-electron chi connectivity index (χ0n) is 11.5. The summed E-state index contributed by atoms with van der Waals surface area (Å²) in [4.78, 5) is 0. The third-order valence-electron chi connectivity index (χ3n) is 3.27. The predicted octanol–water partition coefficient (Wildman–Crippen LogP) is 4.31. The molecule has 0 aliphatic heterocycles. The summed E-state index contributed by atoms with van der Waals surface area (Å²) in [6.45, 7) is 1.86. The van der Waals surface area contributed by atoms with Gasteiger partial charge in [0, 0.05) is 12.0 Å². The second kappa shape index (κ2) is 5.77. The first-order valence-electron chi connectivity index (χ1n) is 6.56. The molecule has 2 aromatic rings. The smallest absolute Gasteiger partial charge is 0.416 e. The van der Waals surface area contributed by atoms with Crippen molar-refractivity contribution in [3.63, 3.8) is 0 Å². The second-order valence-electron chi connectivity index (χ2n) is 4.73. The fourth-order valence-corrected chi connectivity index (χ4v) is 1.98. The quantitative estimate of drug-likeness (QED) is 0.853. The largest absolute Gasteiger partial charge is 0.469 e. The van der Waals surface area contributed by atoms with Gasteiger partial charge >= 0.3 is 6.18 Å². The number of rotatable bonds is 4. The maximum absolute atomic E-state index is 12.5. The summed E-state index contributed by atoms with van der Waals surface area (Å²) in [5, 5.41) is 0. The van der Waals surface area contributed by atoms with E-state index in [-0.39, 0.29) is 0 Å². The molecule has 0 aliphatic rings. The van der Waals surface area contributed by atoms with Crippen LogP contribution in [0.4, 0.5) is 13.2 Å². The van der Waals surface area contributed by atoms with Crippen molar-refractivity contribution < 1.29 is 17.9 Å². The van der Waals surface area contributed by atoms with Crippen molar-refractivity contribution in [1.29, 1.82) is 0 Å². The van der Waals surface area contributed by atoms with Crippen LogP contribution < -0.4 is 10.5 Å². The molecule has 2 N–H and O–H groups in total. The molecule has 1 unspecified atom stereocenters. The molecule has 1 atom stereocenters. The summed E-state index contributed by atoms with van der Waals surface area (Å²) in [6, 6.07) is 13.7. The molecule has 0 radical (unpaired) electrons. The van der Waals surface area contributed by atoms with E-state index in [1.807, 2.05) is 37.3 Å². The maximum Gasteiger partial charge on any atom is 0.416 e. The van der Waals surface area contributed by atoms with Crippen LogP contribution in [0.3, 0.4) is 0 Å². The average molecular weight is 295 g/mol. The van der Waals surface area contributed by atoms with E-state index in [4.69, 9.17) is 10.5 Å². The van der Waals surface area contributed by atoms with E-state index in [2.05, 4.69) is 0 Å². The van der Waals surface area contributed by atoms with Crippen molar-refractivity contribution in [1.82, 2.24) is 0 Å². The normalized spacial score (nSPS) is 14.5. The van der Waals surface area contributed by atoms with Crippen LogP contribution in [0.5, 0.6) is 5.75 Å². The molecule has 21 heavy (non-hydrogen) atoms. The minimum Gasteiger partial charge on any atom is -0.469 e. The van der Waals surface area contributed by atoms with Crippen LogP contribution in [0, 0.1) is 0 Å². The van der Waals surface area contributed by atoms with Gasteiger partial charge in [0.15, 0.2) is 5.72 Å². The number of halogens is 3. The minimum absolute atomic E-state index is 0.302. The van der Waals surface area contributed by atoms with Gasteiger partial charge in [-0.1, -0.05) is 37.3 Å². The Kier molecular flexibility index (Phi) is 4.23. The molecule has 5 heteroatoms. The topological polar surface area (TPSA) is 35.2 Å². The van der Waals surface area contributed by atoms with E-state index in [1.54, 1.807) is 0 Å². The summed E-state index contributed by atoms with van der Waals surface area (Å²) in [5.74, 6) is 0.302. The van der Waals surface area contributed by atoms with E-state index in [0.717, 1.165) is 17.7 Å². The Morgan fingerprint density at radius 1 is 0.905 bits per heavy atom. The molecular weight excluding hydrogens is 279 g/mol. The number of hydrogen-bond acceptors (Lipinski definition) is 2. The lowest BCUT2D eigenvalue weighted by atomic mass is 10.0. The van der Waals surface area contributed by atoms with E-state index >= 15 is 0 Å². The van der Waals surface area contributed by atoms with E-state index in [9.17, 15) is 13.2 Å². The van der Waals surface area contributed by atoms with Crippen molar-refractivity contribution >= 4 is 0 Å². The molecule has 0 fully saturated rings. The van der Waals surface area contributed by atoms with Gasteiger partial charge in [-0.2, -0.15) is 13.2 Å². The number of hydrogen-bond donors (Lipinski definition) is 1. The van der Waals surface area contributed by atoms with Crippen LogP contribution >= 0.6 is 0 Å². The molecule has 0 amide bonds. The monoisotopic (exact) mass is 295 g/mol. The summed E-state index contributed by atoms with van der Waals surface area (Å²) in [6.07, 6.45) is -3.87. The Bertz CT molecular complexity index is 581. The summed E-state index contributed by atoms with van der Waals surface area (Å²) < 4.78 is 43.3. The first-order valence-corrected chi connectivity index (χ1v) is 6.56. The summed E-state index contributed by atoms with van der Waals surface area (Å²) in [5.41, 5.74) is 5.22. The average Bonchev–Trinajstić information content (AvgIpc) is 2.47. The van der Waals surface area contributed by atoms with E-state index in [1.165, 1.54) is 12.1 Å². The van der Waals surface area contributed by atoms with Gasteiger partial charge in [0.1, 0.15) is 5.75 Å². The zero-order valence-corrected chi connectivity index (χ0v) is 11.5. The van der Waals surface area contributed by atoms with E-state index in [0.29, 0.717) is 12.2 Å². The van der Waals surface area contributed by atoms with Crippen LogP contribution in [0.2, 0.25) is 0 Å². The van der Waals surface area contributed by atoms with Crippen LogP contribution in [-0.2, 0) is 11.9 Å². The van der Waals surface area contributed by atoms with Crippen LogP contribution in [-0.4, -0.2) is 0 Å². The molecule has 0 spiro atoms. The highest BCUT2D eigenvalue weighted by atomic mass is 19.4. The van der Waals surface area contributed by atoms with E-state index < -0.39 is 17.5 Å². The van der Waals surface area contributed by atoms with Crippen molar-refractivity contribution in [2.24, 2.45) is 5.73 Å². The second-order valence-corrected chi connectivity index (χ2v) is 4.73. The number of alkyl halides is 3. The van der Waals surface area contributed by atoms with Gasteiger partial charge in [-0.3, -0.25) is 5.73 Å². The number of nitrogens with two attached hydrogens (primary N) is 1. The van der Waals surface area contributed by atoms with Gasteiger partial charge in [0.2, 0.25) is 0 Å². The van der Waals surface area contributed by atoms with Gasteiger partial charge in [-0.15, -0.1) is 0 Å². The lowest BCUT2D eigenvalue weighted by Gasteiger charge is -2.30. The van der Waals surface area contributed by atoms with Crippen molar-refractivity contribution in [2.75, 3.05) is 0 Å². The molecule has 0 saturated carbocycles. The Balaban J connectivity index is 2.23. The molecule has 112 valence electrons. The van der Waals surface area contributed by atoms with Crippen molar-refractivity contribution in [3.05, 3.63) is 65.7 Å². The van der Waals surface area contributed by atoms with Crippen LogP contribution in [0.15, 0.2) is 54.6 Å². The molecule has 0 aromatic heterocycles. The fraction of sp³-hybridized carbons (Fsp3) is 0.250. The Labute approximate surface area is 121 Å². The van der Waals surface area contributed by atoms with Gasteiger partial charge in [-0.25, -0.2) is 0 Å². The summed E-state index contributed by atoms with van der Waals surface area (Å²) >= 11 is 0. The molecule has 0 heterocycles. The third-order valence-corrected chi connectivity index (χ3v) is 3.27. The number of benzene rings is 2. The zero-order chi connectivity index (χ0) is 15.5. The highest BCUT2D eigenvalue weighted by Crippen LogP contribution is 2.32. The lowest BCUT2D eigenvalue weighted by molar-refractivity contribution is -0.137. The standard InChI is InChI=1S/C16H16F3NO/c1-2-15(20,12-6-4-3-5-7-12)21-14-10-8-13(9-11-14)16(17,18)19/h3-11H,2,20H2,1H3. The molecule has 0 bridgehead atoms. The SMILES string of the molecule is CCC(N)(Oc1ccc(C(F)(F)F)cc1)c1ccccc1. The number of ether oxygens (including phenoxy) is 1. The Hall–Kier alpha value is -2.01. The Morgan fingerprint density at radius 3 is 1.95 bits per heavy atom. The molecule has 2 nitrogen and oxygen atoms in total. The minimum atomic E-state index is -4.36. The van der Waals surface area contributed by atoms with Crippen molar-refractivity contribution in [3.8, 4) is 5.75 Å². The first-order chi connectivity index (χ1) is 9.85. The molecule has 2 aromatic carbocycles. The van der Waals surface area contributed by atoms with Gasteiger partial charge in [0.25, 0.3) is 0 Å². The van der Waals surface area contributed by atoms with Crippen LogP contribution in [0.1, 0.15) is 24.5 Å². The lowest BCUT2D eigenvalue weighted by Crippen LogP contribution is -2.42. The maximum atomic E-state index is 12.5. The highest BCUT2D eigenvalue weighted by Gasteiger charge is 2.31. The van der Waals surface area contributed by atoms with Gasteiger partial charge < -0.3 is 4.74 Å². The third kappa shape index (κ3) is 3.55. The van der Waals surface area contributed by atoms with Gasteiger partial charge in [0.05, 0.1) is 5.56 Å². The Morgan fingerprint density at radius 2 is 1.48 bits per heavy atom. The molecular formula is C16H16F3NO. The van der Waals surface area contributed by atoms with Gasteiger partial charge in [-0.05, 0) is 24.3 Å². The first kappa shape index (κ1) is 15.4. The molecule has 0 aliphatic carbocycles. The molecule has 0 saturated heterocycles. The molecule has 2 rings (SSSR count). The summed E-state index contributed by atoms with van der Waals surface area (Å²) in [7, 11) is 0. The van der Waals surface area contributed by atoms with Crippen LogP contribution in [0.25, 0.3) is 0 Å². The predicted molar refractivity (Wildman–Crippen MR) is 74.7 cm³/mol. The highest BCUT2D eigenvalue weighted by molar-refractivity contribution is 5.31. The van der Waals surface area contributed by atoms with Crippen molar-refractivity contribution in [2.45, 2.75) is 25.2 Å².